The molecule has 0 atom stereocenters. The predicted molar refractivity (Wildman–Crippen MR) is 76.0 cm³/mol. The van der Waals surface area contributed by atoms with Gasteiger partial charge in [0.05, 0.1) is 25.2 Å². The average molecular weight is 257 g/mol. The molecular weight excluding hydrogens is 238 g/mol. The van der Waals surface area contributed by atoms with E-state index < -0.39 is 0 Å². The number of nitrogens with one attached hydrogen (secondary N) is 1. The minimum absolute atomic E-state index is 0.0649. The summed E-state index contributed by atoms with van der Waals surface area (Å²) >= 11 is 0. The molecule has 1 saturated heterocycles. The molecule has 2 aromatic rings. The van der Waals surface area contributed by atoms with E-state index in [1.807, 2.05) is 0 Å². The number of fused-ring (bicyclic) bond motifs is 1. The molecule has 3 heteroatoms. The van der Waals surface area contributed by atoms with Crippen molar-refractivity contribution < 1.29 is 9.84 Å². The molecule has 0 spiro atoms. The maximum absolute atomic E-state index is 9.39. The number of aliphatic hydroxyl groups excluding tert-OH is 1. The number of hydrogen-bond acceptors (Lipinski definition) is 3. The van der Waals surface area contributed by atoms with Gasteiger partial charge in [-0.05, 0) is 16.3 Å². The van der Waals surface area contributed by atoms with Crippen molar-refractivity contribution in [3.05, 3.63) is 48.0 Å². The van der Waals surface area contributed by atoms with Gasteiger partial charge < -0.3 is 15.2 Å². The smallest absolute Gasteiger partial charge is 0.0579 e. The number of benzene rings is 2. The van der Waals surface area contributed by atoms with E-state index in [0.29, 0.717) is 13.2 Å². The molecule has 0 radical (unpaired) electrons. The molecule has 1 aliphatic heterocycles. The standard InChI is InChI=1S/C16H19NO2/c18-10-16(11-19-12-16)9-17-8-14-6-3-5-13-4-1-2-7-15(13)14/h1-7,17-18H,8-12H2. The van der Waals surface area contributed by atoms with E-state index in [1.165, 1.54) is 16.3 Å². The summed E-state index contributed by atoms with van der Waals surface area (Å²) in [7, 11) is 0. The summed E-state index contributed by atoms with van der Waals surface area (Å²) in [5, 5.41) is 15.4. The van der Waals surface area contributed by atoms with Crippen LogP contribution < -0.4 is 5.32 Å². The Labute approximate surface area is 113 Å². The molecule has 0 amide bonds. The third-order valence-corrected chi connectivity index (χ3v) is 3.85. The van der Waals surface area contributed by atoms with Gasteiger partial charge in [-0.25, -0.2) is 0 Å². The van der Waals surface area contributed by atoms with Crippen molar-refractivity contribution in [3.8, 4) is 0 Å². The van der Waals surface area contributed by atoms with Crippen molar-refractivity contribution in [2.24, 2.45) is 5.41 Å². The van der Waals surface area contributed by atoms with Crippen LogP contribution in [-0.2, 0) is 11.3 Å². The quantitative estimate of drug-likeness (QED) is 0.860. The third kappa shape index (κ3) is 2.50. The molecule has 0 saturated carbocycles. The van der Waals surface area contributed by atoms with Crippen molar-refractivity contribution in [2.45, 2.75) is 6.54 Å². The first kappa shape index (κ1) is 12.6. The minimum Gasteiger partial charge on any atom is -0.396 e. The highest BCUT2D eigenvalue weighted by molar-refractivity contribution is 5.85. The Balaban J connectivity index is 1.68. The highest BCUT2D eigenvalue weighted by Crippen LogP contribution is 2.26. The second kappa shape index (κ2) is 5.29. The van der Waals surface area contributed by atoms with E-state index in [1.54, 1.807) is 0 Å². The van der Waals surface area contributed by atoms with Crippen LogP contribution in [0.3, 0.4) is 0 Å². The summed E-state index contributed by atoms with van der Waals surface area (Å²) in [6, 6.07) is 14.8. The first-order valence-electron chi connectivity index (χ1n) is 6.69. The Morgan fingerprint density at radius 3 is 2.63 bits per heavy atom. The van der Waals surface area contributed by atoms with Gasteiger partial charge >= 0.3 is 0 Å². The van der Waals surface area contributed by atoms with E-state index in [4.69, 9.17) is 4.74 Å². The molecule has 3 nitrogen and oxygen atoms in total. The highest BCUT2D eigenvalue weighted by Gasteiger charge is 2.37. The highest BCUT2D eigenvalue weighted by atomic mass is 16.5. The Morgan fingerprint density at radius 2 is 1.89 bits per heavy atom. The Hall–Kier alpha value is -1.42. The largest absolute Gasteiger partial charge is 0.396 e. The fourth-order valence-electron chi connectivity index (χ4n) is 2.55. The van der Waals surface area contributed by atoms with E-state index in [-0.39, 0.29) is 12.0 Å². The molecule has 1 aliphatic rings. The van der Waals surface area contributed by atoms with Crippen LogP contribution in [-0.4, -0.2) is 31.5 Å². The van der Waals surface area contributed by atoms with Crippen LogP contribution in [0.5, 0.6) is 0 Å². The van der Waals surface area contributed by atoms with Gasteiger partial charge in [-0.2, -0.15) is 0 Å². The van der Waals surface area contributed by atoms with E-state index in [0.717, 1.165) is 13.1 Å². The summed E-state index contributed by atoms with van der Waals surface area (Å²) in [6.45, 7) is 3.13. The molecule has 0 bridgehead atoms. The van der Waals surface area contributed by atoms with Gasteiger partial charge in [-0.3, -0.25) is 0 Å². The van der Waals surface area contributed by atoms with Crippen LogP contribution in [0.15, 0.2) is 42.5 Å². The third-order valence-electron chi connectivity index (χ3n) is 3.85. The van der Waals surface area contributed by atoms with Crippen molar-refractivity contribution in [1.82, 2.24) is 5.32 Å². The molecule has 100 valence electrons. The average Bonchev–Trinajstić information content (AvgIpc) is 2.42. The summed E-state index contributed by atoms with van der Waals surface area (Å²) in [5.74, 6) is 0. The lowest BCUT2D eigenvalue weighted by Gasteiger charge is -2.40. The number of ether oxygens (including phenoxy) is 1. The molecule has 2 aromatic carbocycles. The van der Waals surface area contributed by atoms with Gasteiger partial charge in [0, 0.05) is 13.1 Å². The van der Waals surface area contributed by atoms with Crippen molar-refractivity contribution in [2.75, 3.05) is 26.4 Å². The van der Waals surface area contributed by atoms with Crippen molar-refractivity contribution in [3.63, 3.8) is 0 Å². The molecule has 1 heterocycles. The van der Waals surface area contributed by atoms with Gasteiger partial charge in [-0.15, -0.1) is 0 Å². The van der Waals surface area contributed by atoms with Gasteiger partial charge in [0.15, 0.2) is 0 Å². The molecule has 0 unspecified atom stereocenters. The summed E-state index contributed by atoms with van der Waals surface area (Å²) < 4.78 is 5.20. The first-order valence-corrected chi connectivity index (χ1v) is 6.69. The second-order valence-corrected chi connectivity index (χ2v) is 5.39. The Kier molecular flexibility index (Phi) is 3.51. The predicted octanol–water partition coefficient (Wildman–Crippen LogP) is 1.94. The van der Waals surface area contributed by atoms with Crippen LogP contribution >= 0.6 is 0 Å². The minimum atomic E-state index is -0.0649. The topological polar surface area (TPSA) is 41.5 Å². The number of hydrogen-bond donors (Lipinski definition) is 2. The monoisotopic (exact) mass is 257 g/mol. The maximum atomic E-state index is 9.39. The lowest BCUT2D eigenvalue weighted by Crippen LogP contribution is -2.52. The fraction of sp³-hybridized carbons (Fsp3) is 0.375. The zero-order valence-electron chi connectivity index (χ0n) is 10.9. The van der Waals surface area contributed by atoms with Crippen LogP contribution in [0.1, 0.15) is 5.56 Å². The van der Waals surface area contributed by atoms with Gasteiger partial charge in [0.1, 0.15) is 0 Å². The van der Waals surface area contributed by atoms with Crippen LogP contribution in [0, 0.1) is 5.41 Å². The zero-order chi connectivity index (χ0) is 13.1. The van der Waals surface area contributed by atoms with Gasteiger partial charge in [0.2, 0.25) is 0 Å². The summed E-state index contributed by atoms with van der Waals surface area (Å²) in [5.41, 5.74) is 1.23. The lowest BCUT2D eigenvalue weighted by atomic mass is 9.87. The molecular formula is C16H19NO2. The molecule has 0 aliphatic carbocycles. The molecule has 0 aromatic heterocycles. The zero-order valence-corrected chi connectivity index (χ0v) is 10.9. The summed E-state index contributed by atoms with van der Waals surface area (Å²) in [4.78, 5) is 0. The maximum Gasteiger partial charge on any atom is 0.0579 e. The van der Waals surface area contributed by atoms with Crippen molar-refractivity contribution >= 4 is 10.8 Å². The molecule has 19 heavy (non-hydrogen) atoms. The van der Waals surface area contributed by atoms with E-state index in [9.17, 15) is 5.11 Å². The van der Waals surface area contributed by atoms with Crippen LogP contribution in [0.25, 0.3) is 10.8 Å². The fourth-order valence-corrected chi connectivity index (χ4v) is 2.55. The number of aliphatic hydroxyl groups is 1. The SMILES string of the molecule is OCC1(CNCc2cccc3ccccc23)COC1. The molecule has 3 rings (SSSR count). The van der Waals surface area contributed by atoms with Gasteiger partial charge in [-0.1, -0.05) is 42.5 Å². The lowest BCUT2D eigenvalue weighted by molar-refractivity contribution is -0.134. The van der Waals surface area contributed by atoms with Crippen molar-refractivity contribution in [1.29, 1.82) is 0 Å². The summed E-state index contributed by atoms with van der Waals surface area (Å²) in [6.07, 6.45) is 0. The normalized spacial score (nSPS) is 17.3. The van der Waals surface area contributed by atoms with Gasteiger partial charge in [0.25, 0.3) is 0 Å². The first-order chi connectivity index (χ1) is 9.33. The van der Waals surface area contributed by atoms with E-state index in [2.05, 4.69) is 47.8 Å². The molecule has 2 N–H and O–H groups in total. The Bertz CT molecular complexity index is 553. The number of rotatable bonds is 5. The second-order valence-electron chi connectivity index (χ2n) is 5.39. The van der Waals surface area contributed by atoms with Crippen LogP contribution in [0.4, 0.5) is 0 Å². The molecule has 1 fully saturated rings. The van der Waals surface area contributed by atoms with E-state index >= 15 is 0 Å². The van der Waals surface area contributed by atoms with Crippen LogP contribution in [0.2, 0.25) is 0 Å². The Morgan fingerprint density at radius 1 is 1.11 bits per heavy atom.